The second kappa shape index (κ2) is 7.45. The van der Waals surface area contributed by atoms with Crippen LogP contribution in [0.15, 0.2) is 82.1 Å². The highest BCUT2D eigenvalue weighted by Gasteiger charge is 2.15. The Bertz CT molecular complexity index is 1410. The molecule has 0 unspecified atom stereocenters. The van der Waals surface area contributed by atoms with Crippen LogP contribution in [0.1, 0.15) is 10.4 Å². The molecule has 4 rings (SSSR count). The predicted octanol–water partition coefficient (Wildman–Crippen LogP) is 2.60. The van der Waals surface area contributed by atoms with Crippen molar-refractivity contribution in [3.8, 4) is 0 Å². The topological polar surface area (TPSA) is 141 Å². The van der Waals surface area contributed by atoms with Gasteiger partial charge >= 0.3 is 0 Å². The van der Waals surface area contributed by atoms with E-state index in [0.717, 1.165) is 16.3 Å². The summed E-state index contributed by atoms with van der Waals surface area (Å²) >= 11 is 0. The number of carbonyl (C=O) groups excluding carboxylic acids is 1. The molecule has 1 heterocycles. The van der Waals surface area contributed by atoms with Crippen molar-refractivity contribution in [3.05, 3.63) is 78.4 Å². The van der Waals surface area contributed by atoms with Crippen LogP contribution in [0.5, 0.6) is 0 Å². The average molecular weight is 419 g/mol. The standard InChI is InChI=1S/C21H17N5O3S/c22-21(23)26-30(28,29)16-10-8-15(9-11-16)24-20(27)17-6-3-5-14-12-13-4-1-2-7-18(13)25-19(14)17/h1-12H,(H,24,27)(H4,22,23,26). The number of guanidine groups is 1. The fraction of sp³-hybridized carbons (Fsp3) is 0. The summed E-state index contributed by atoms with van der Waals surface area (Å²) in [6.07, 6.45) is 0. The maximum absolute atomic E-state index is 12.9. The van der Waals surface area contributed by atoms with Crippen molar-refractivity contribution in [1.29, 1.82) is 0 Å². The van der Waals surface area contributed by atoms with Crippen molar-refractivity contribution in [2.75, 3.05) is 5.32 Å². The van der Waals surface area contributed by atoms with Crippen LogP contribution in [0.3, 0.4) is 0 Å². The fourth-order valence-corrected chi connectivity index (χ4v) is 3.95. The molecule has 4 aromatic rings. The SMILES string of the molecule is NC(N)=NS(=O)(=O)c1ccc(NC(=O)c2cccc3cc4ccccc4nc23)cc1. The number of nitrogens with zero attached hydrogens (tertiary/aromatic N) is 2. The molecule has 0 aliphatic carbocycles. The first-order valence-electron chi connectivity index (χ1n) is 8.89. The molecule has 9 heteroatoms. The predicted molar refractivity (Wildman–Crippen MR) is 117 cm³/mol. The normalized spacial score (nSPS) is 11.3. The van der Waals surface area contributed by atoms with Gasteiger partial charge in [0.2, 0.25) is 5.96 Å². The molecular weight excluding hydrogens is 402 g/mol. The fourth-order valence-electron chi connectivity index (χ4n) is 3.09. The van der Waals surface area contributed by atoms with E-state index in [1.807, 2.05) is 36.4 Å². The molecule has 5 N–H and O–H groups in total. The average Bonchev–Trinajstić information content (AvgIpc) is 2.71. The number of para-hydroxylation sites is 2. The van der Waals surface area contributed by atoms with Gasteiger partial charge in [-0.2, -0.15) is 8.42 Å². The van der Waals surface area contributed by atoms with Gasteiger partial charge in [0.1, 0.15) is 0 Å². The number of nitrogens with one attached hydrogen (secondary N) is 1. The molecule has 8 nitrogen and oxygen atoms in total. The highest BCUT2D eigenvalue weighted by Crippen LogP contribution is 2.23. The Kier molecular flexibility index (Phi) is 4.80. The Hall–Kier alpha value is -3.98. The number of hydrogen-bond donors (Lipinski definition) is 3. The lowest BCUT2D eigenvalue weighted by atomic mass is 10.1. The Balaban J connectivity index is 1.65. The van der Waals surface area contributed by atoms with Gasteiger partial charge in [-0.3, -0.25) is 4.79 Å². The van der Waals surface area contributed by atoms with E-state index >= 15 is 0 Å². The first-order chi connectivity index (χ1) is 14.3. The first-order valence-corrected chi connectivity index (χ1v) is 10.3. The van der Waals surface area contributed by atoms with Gasteiger partial charge in [0.05, 0.1) is 21.5 Å². The summed E-state index contributed by atoms with van der Waals surface area (Å²) in [4.78, 5) is 17.4. The summed E-state index contributed by atoms with van der Waals surface area (Å²) in [7, 11) is -3.99. The van der Waals surface area contributed by atoms with Crippen molar-refractivity contribution < 1.29 is 13.2 Å². The molecule has 1 aromatic heterocycles. The molecule has 0 spiro atoms. The van der Waals surface area contributed by atoms with Gasteiger partial charge in [0.15, 0.2) is 0 Å². The molecule has 30 heavy (non-hydrogen) atoms. The lowest BCUT2D eigenvalue weighted by Crippen LogP contribution is -2.24. The number of sulfonamides is 1. The van der Waals surface area contributed by atoms with Crippen LogP contribution in [-0.4, -0.2) is 25.3 Å². The number of carbonyl (C=O) groups is 1. The largest absolute Gasteiger partial charge is 0.369 e. The van der Waals surface area contributed by atoms with Crippen molar-refractivity contribution in [3.63, 3.8) is 0 Å². The van der Waals surface area contributed by atoms with E-state index in [-0.39, 0.29) is 10.8 Å². The van der Waals surface area contributed by atoms with Crippen molar-refractivity contribution >= 4 is 49.4 Å². The summed E-state index contributed by atoms with van der Waals surface area (Å²) in [5, 5.41) is 4.59. The van der Waals surface area contributed by atoms with E-state index in [0.29, 0.717) is 16.8 Å². The molecule has 1 amide bonds. The lowest BCUT2D eigenvalue weighted by Gasteiger charge is -2.09. The number of rotatable bonds is 4. The zero-order valence-electron chi connectivity index (χ0n) is 15.6. The second-order valence-electron chi connectivity index (χ2n) is 6.53. The molecule has 0 fully saturated rings. The maximum atomic E-state index is 12.9. The Morgan fingerprint density at radius 2 is 1.60 bits per heavy atom. The van der Waals surface area contributed by atoms with Crippen LogP contribution in [0.4, 0.5) is 5.69 Å². The van der Waals surface area contributed by atoms with E-state index in [1.54, 1.807) is 12.1 Å². The maximum Gasteiger partial charge on any atom is 0.285 e. The number of anilines is 1. The second-order valence-corrected chi connectivity index (χ2v) is 8.13. The molecule has 0 saturated carbocycles. The van der Waals surface area contributed by atoms with E-state index in [4.69, 9.17) is 11.5 Å². The van der Waals surface area contributed by atoms with Gasteiger partial charge in [-0.15, -0.1) is 4.40 Å². The molecule has 0 radical (unpaired) electrons. The third-order valence-corrected chi connectivity index (χ3v) is 5.75. The van der Waals surface area contributed by atoms with E-state index < -0.39 is 16.0 Å². The highest BCUT2D eigenvalue weighted by molar-refractivity contribution is 7.90. The first kappa shape index (κ1) is 19.3. The molecule has 0 aliphatic heterocycles. The van der Waals surface area contributed by atoms with Gasteiger partial charge < -0.3 is 16.8 Å². The number of fused-ring (bicyclic) bond motifs is 2. The molecule has 0 aliphatic rings. The van der Waals surface area contributed by atoms with Gasteiger partial charge in [0, 0.05) is 16.5 Å². The van der Waals surface area contributed by atoms with Gasteiger partial charge in [-0.1, -0.05) is 30.3 Å². The van der Waals surface area contributed by atoms with Crippen LogP contribution >= 0.6 is 0 Å². The summed E-state index contributed by atoms with van der Waals surface area (Å²) in [6.45, 7) is 0. The van der Waals surface area contributed by atoms with E-state index in [1.165, 1.54) is 24.3 Å². The van der Waals surface area contributed by atoms with Crippen molar-refractivity contribution in [1.82, 2.24) is 4.98 Å². The van der Waals surface area contributed by atoms with Crippen LogP contribution < -0.4 is 16.8 Å². The summed E-state index contributed by atoms with van der Waals surface area (Å²) in [5.41, 5.74) is 12.5. The third kappa shape index (κ3) is 3.78. The molecule has 150 valence electrons. The van der Waals surface area contributed by atoms with Gasteiger partial charge in [0.25, 0.3) is 15.9 Å². The highest BCUT2D eigenvalue weighted by atomic mass is 32.2. The molecule has 3 aromatic carbocycles. The van der Waals surface area contributed by atoms with Crippen LogP contribution in [0.25, 0.3) is 21.8 Å². The number of pyridine rings is 1. The lowest BCUT2D eigenvalue weighted by molar-refractivity contribution is 0.102. The van der Waals surface area contributed by atoms with Crippen LogP contribution in [0, 0.1) is 0 Å². The molecule has 0 atom stereocenters. The minimum Gasteiger partial charge on any atom is -0.369 e. The summed E-state index contributed by atoms with van der Waals surface area (Å²) in [6, 6.07) is 20.6. The Morgan fingerprint density at radius 1 is 0.900 bits per heavy atom. The molecule has 0 saturated heterocycles. The van der Waals surface area contributed by atoms with Gasteiger partial charge in [-0.05, 0) is 42.5 Å². The molecular formula is C21H17N5O3S. The Morgan fingerprint density at radius 3 is 2.33 bits per heavy atom. The zero-order chi connectivity index (χ0) is 21.3. The number of nitrogens with two attached hydrogens (primary N) is 2. The number of hydrogen-bond acceptors (Lipinski definition) is 4. The minimum absolute atomic E-state index is 0.0906. The van der Waals surface area contributed by atoms with E-state index in [9.17, 15) is 13.2 Å². The van der Waals surface area contributed by atoms with Crippen LogP contribution in [0.2, 0.25) is 0 Å². The third-order valence-electron chi connectivity index (χ3n) is 4.43. The summed E-state index contributed by atoms with van der Waals surface area (Å²) < 4.78 is 27.2. The summed E-state index contributed by atoms with van der Waals surface area (Å²) in [5.74, 6) is -0.911. The quantitative estimate of drug-likeness (QED) is 0.264. The van der Waals surface area contributed by atoms with Gasteiger partial charge in [-0.25, -0.2) is 4.98 Å². The van der Waals surface area contributed by atoms with Crippen LogP contribution in [-0.2, 0) is 10.0 Å². The smallest absolute Gasteiger partial charge is 0.285 e. The number of aromatic nitrogens is 1. The monoisotopic (exact) mass is 419 g/mol. The zero-order valence-corrected chi connectivity index (χ0v) is 16.4. The number of amides is 1. The van der Waals surface area contributed by atoms with Crippen molar-refractivity contribution in [2.45, 2.75) is 4.90 Å². The van der Waals surface area contributed by atoms with Crippen molar-refractivity contribution in [2.24, 2.45) is 15.9 Å². The molecule has 0 bridgehead atoms. The number of benzene rings is 3. The minimum atomic E-state index is -3.99. The van der Waals surface area contributed by atoms with E-state index in [2.05, 4.69) is 14.7 Å². The Labute approximate surface area is 172 Å².